The molecule has 6 heteroatoms. The van der Waals surface area contributed by atoms with Crippen LogP contribution in [0.4, 0.5) is 5.69 Å². The predicted molar refractivity (Wildman–Crippen MR) is 96.1 cm³/mol. The Balaban J connectivity index is 1.81. The van der Waals surface area contributed by atoms with Gasteiger partial charge >= 0.3 is 0 Å². The first kappa shape index (κ1) is 18.7. The number of quaternary nitrogens is 1. The molecule has 0 aliphatic carbocycles. The highest BCUT2D eigenvalue weighted by Crippen LogP contribution is 2.18. The molecular weight excluding hydrogens is 318 g/mol. The minimum Gasteiger partial charge on any atom is -0.463 e. The van der Waals surface area contributed by atoms with Crippen LogP contribution in [0.2, 0.25) is 0 Å². The number of amides is 2. The summed E-state index contributed by atoms with van der Waals surface area (Å²) in [6.45, 7) is 7.59. The van der Waals surface area contributed by atoms with Gasteiger partial charge < -0.3 is 20.4 Å². The zero-order chi connectivity index (χ0) is 18.4. The second kappa shape index (κ2) is 8.48. The van der Waals surface area contributed by atoms with Crippen LogP contribution in [0.1, 0.15) is 36.8 Å². The fourth-order valence-corrected chi connectivity index (χ4v) is 2.69. The summed E-state index contributed by atoms with van der Waals surface area (Å²) in [5.74, 6) is 0.388. The minimum atomic E-state index is -0.326. The molecule has 0 aliphatic rings. The van der Waals surface area contributed by atoms with Crippen LogP contribution >= 0.6 is 0 Å². The van der Waals surface area contributed by atoms with E-state index in [9.17, 15) is 9.59 Å². The Labute approximate surface area is 148 Å². The number of nitrogens with one attached hydrogen (secondary N) is 2. The molecule has 0 spiro atoms. The number of benzene rings is 1. The highest BCUT2D eigenvalue weighted by atomic mass is 16.3. The van der Waals surface area contributed by atoms with Gasteiger partial charge in [-0.05, 0) is 51.0 Å². The number of furan rings is 1. The molecule has 4 N–H and O–H groups in total. The lowest BCUT2D eigenvalue weighted by atomic mass is 10.1. The van der Waals surface area contributed by atoms with Crippen molar-refractivity contribution in [3.63, 3.8) is 0 Å². The van der Waals surface area contributed by atoms with E-state index in [0.717, 1.165) is 22.6 Å². The normalized spacial score (nSPS) is 13.1. The van der Waals surface area contributed by atoms with E-state index in [1.54, 1.807) is 13.2 Å². The van der Waals surface area contributed by atoms with E-state index in [1.165, 1.54) is 0 Å². The Bertz CT molecular complexity index is 705. The van der Waals surface area contributed by atoms with Gasteiger partial charge in [0.1, 0.15) is 6.04 Å². The van der Waals surface area contributed by atoms with Gasteiger partial charge in [0.25, 0.3) is 5.91 Å². The second-order valence-corrected chi connectivity index (χ2v) is 6.32. The van der Waals surface area contributed by atoms with E-state index in [1.807, 2.05) is 56.4 Å². The molecule has 0 bridgehead atoms. The molecule has 2 amide bonds. The number of rotatable bonds is 7. The average molecular weight is 344 g/mol. The van der Waals surface area contributed by atoms with Gasteiger partial charge in [0.2, 0.25) is 5.91 Å². The van der Waals surface area contributed by atoms with Crippen molar-refractivity contribution in [1.29, 1.82) is 0 Å². The molecule has 0 radical (unpaired) electrons. The summed E-state index contributed by atoms with van der Waals surface area (Å²) >= 11 is 0. The van der Waals surface area contributed by atoms with Gasteiger partial charge in [-0.25, -0.2) is 0 Å². The van der Waals surface area contributed by atoms with Crippen LogP contribution in [-0.2, 0) is 9.59 Å². The molecule has 1 aromatic carbocycles. The quantitative estimate of drug-likeness (QED) is 0.714. The fourth-order valence-electron chi connectivity index (χ4n) is 2.69. The van der Waals surface area contributed by atoms with Gasteiger partial charge in [0.05, 0.1) is 12.8 Å². The topological polar surface area (TPSA) is 88.0 Å². The van der Waals surface area contributed by atoms with Crippen molar-refractivity contribution < 1.29 is 19.3 Å². The monoisotopic (exact) mass is 344 g/mol. The lowest BCUT2D eigenvalue weighted by Gasteiger charge is -2.15. The smallest absolute Gasteiger partial charge is 0.278 e. The van der Waals surface area contributed by atoms with Gasteiger partial charge in [0.15, 0.2) is 11.8 Å². The molecular formula is C19H26N3O3+. The highest BCUT2D eigenvalue weighted by Gasteiger charge is 2.22. The van der Waals surface area contributed by atoms with Gasteiger partial charge in [-0.3, -0.25) is 9.59 Å². The number of nitrogens with two attached hydrogens (primary N) is 1. The molecule has 1 aromatic heterocycles. The van der Waals surface area contributed by atoms with Gasteiger partial charge in [0, 0.05) is 5.69 Å². The van der Waals surface area contributed by atoms with Crippen molar-refractivity contribution in [1.82, 2.24) is 5.32 Å². The van der Waals surface area contributed by atoms with E-state index in [2.05, 4.69) is 10.6 Å². The Morgan fingerprint density at radius 3 is 2.40 bits per heavy atom. The largest absolute Gasteiger partial charge is 0.463 e. The van der Waals surface area contributed by atoms with Crippen LogP contribution in [0.15, 0.2) is 41.0 Å². The highest BCUT2D eigenvalue weighted by molar-refractivity contribution is 5.96. The first-order chi connectivity index (χ1) is 11.9. The van der Waals surface area contributed by atoms with Crippen LogP contribution in [0.3, 0.4) is 0 Å². The van der Waals surface area contributed by atoms with Crippen molar-refractivity contribution in [3.8, 4) is 0 Å². The van der Waals surface area contributed by atoms with E-state index < -0.39 is 0 Å². The van der Waals surface area contributed by atoms with E-state index in [4.69, 9.17) is 4.42 Å². The standard InChI is InChI=1S/C19H25N3O3/c1-12-7-5-8-13(2)18(12)22-17(23)11-20-19(24)15(4)21-14(3)16-9-6-10-25-16/h5-10,14-15,21H,11H2,1-4H3,(H,20,24)(H,22,23)/p+1/t14-,15+/m1/s1. The van der Waals surface area contributed by atoms with Crippen molar-refractivity contribution in [3.05, 3.63) is 53.5 Å². The molecule has 2 rings (SSSR count). The fraction of sp³-hybridized carbons (Fsp3) is 0.368. The summed E-state index contributed by atoms with van der Waals surface area (Å²) in [6, 6.07) is 9.22. The molecule has 25 heavy (non-hydrogen) atoms. The summed E-state index contributed by atoms with van der Waals surface area (Å²) in [4.78, 5) is 24.3. The number of carbonyl (C=O) groups is 2. The minimum absolute atomic E-state index is 0.0270. The molecule has 2 atom stereocenters. The van der Waals surface area contributed by atoms with Gasteiger partial charge in [-0.2, -0.15) is 0 Å². The zero-order valence-corrected chi connectivity index (χ0v) is 15.1. The first-order valence-electron chi connectivity index (χ1n) is 8.40. The number of anilines is 1. The Morgan fingerprint density at radius 1 is 1.12 bits per heavy atom. The molecule has 0 saturated heterocycles. The molecule has 0 aliphatic heterocycles. The molecule has 6 nitrogen and oxygen atoms in total. The van der Waals surface area contributed by atoms with E-state index >= 15 is 0 Å². The maximum atomic E-state index is 12.2. The third-order valence-corrected chi connectivity index (χ3v) is 4.15. The molecule has 134 valence electrons. The average Bonchev–Trinajstić information content (AvgIpc) is 3.10. The van der Waals surface area contributed by atoms with Crippen molar-refractivity contribution in [2.45, 2.75) is 39.8 Å². The molecule has 0 fully saturated rings. The van der Waals surface area contributed by atoms with E-state index in [0.29, 0.717) is 0 Å². The number of para-hydroxylation sites is 1. The van der Waals surface area contributed by atoms with Crippen LogP contribution in [-0.4, -0.2) is 24.4 Å². The lowest BCUT2D eigenvalue weighted by molar-refractivity contribution is -0.712. The number of hydrogen-bond donors (Lipinski definition) is 3. The lowest BCUT2D eigenvalue weighted by Crippen LogP contribution is -2.92. The molecule has 0 unspecified atom stereocenters. The number of carbonyl (C=O) groups excluding carboxylic acids is 2. The Kier molecular flexibility index (Phi) is 6.36. The van der Waals surface area contributed by atoms with Gasteiger partial charge in [-0.15, -0.1) is 0 Å². The second-order valence-electron chi connectivity index (χ2n) is 6.32. The summed E-state index contributed by atoms with van der Waals surface area (Å²) in [5, 5.41) is 7.44. The SMILES string of the molecule is Cc1cccc(C)c1NC(=O)CNC(=O)[C@H](C)[NH2+][C@H](C)c1ccco1. The summed E-state index contributed by atoms with van der Waals surface area (Å²) < 4.78 is 5.34. The van der Waals surface area contributed by atoms with Gasteiger partial charge in [-0.1, -0.05) is 18.2 Å². The predicted octanol–water partition coefficient (Wildman–Crippen LogP) is 1.66. The van der Waals surface area contributed by atoms with Crippen LogP contribution < -0.4 is 16.0 Å². The van der Waals surface area contributed by atoms with Crippen LogP contribution in [0.25, 0.3) is 0 Å². The molecule has 0 saturated carbocycles. The Hall–Kier alpha value is -2.60. The summed E-state index contributed by atoms with van der Waals surface area (Å²) in [5.41, 5.74) is 2.79. The van der Waals surface area contributed by atoms with Crippen molar-refractivity contribution in [2.75, 3.05) is 11.9 Å². The van der Waals surface area contributed by atoms with Crippen molar-refractivity contribution >= 4 is 17.5 Å². The number of hydrogen-bond acceptors (Lipinski definition) is 3. The molecule has 1 heterocycles. The van der Waals surface area contributed by atoms with E-state index in [-0.39, 0.29) is 30.4 Å². The maximum Gasteiger partial charge on any atom is 0.278 e. The summed E-state index contributed by atoms with van der Waals surface area (Å²) in [6.07, 6.45) is 1.61. The summed E-state index contributed by atoms with van der Waals surface area (Å²) in [7, 11) is 0. The molecule has 2 aromatic rings. The third kappa shape index (κ3) is 5.19. The van der Waals surface area contributed by atoms with Crippen LogP contribution in [0, 0.1) is 13.8 Å². The Morgan fingerprint density at radius 2 is 1.80 bits per heavy atom. The van der Waals surface area contributed by atoms with Crippen molar-refractivity contribution in [2.24, 2.45) is 0 Å². The van der Waals surface area contributed by atoms with Crippen LogP contribution in [0.5, 0.6) is 0 Å². The maximum absolute atomic E-state index is 12.2. The zero-order valence-electron chi connectivity index (χ0n) is 15.1. The number of aryl methyl sites for hydroxylation is 2. The first-order valence-corrected chi connectivity index (χ1v) is 8.40. The third-order valence-electron chi connectivity index (χ3n) is 4.15.